The molecule has 0 saturated carbocycles. The largest absolute Gasteiger partial charge is 0.491 e. The maximum Gasteiger partial charge on any atom is 0.253 e. The highest BCUT2D eigenvalue weighted by molar-refractivity contribution is 6.32. The number of ether oxygens (including phenoxy) is 2. The number of benzene rings is 1. The number of methoxy groups -OCH3 is 1. The van der Waals surface area contributed by atoms with Crippen molar-refractivity contribution < 1.29 is 14.3 Å². The lowest BCUT2D eigenvalue weighted by atomic mass is 10.1. The molecule has 7 heteroatoms. The minimum atomic E-state index is -0.320. The molecular formula is C20H23ClN2O4. The fourth-order valence-electron chi connectivity index (χ4n) is 2.65. The summed E-state index contributed by atoms with van der Waals surface area (Å²) < 4.78 is 10.8. The van der Waals surface area contributed by atoms with Crippen molar-refractivity contribution in [3.8, 4) is 11.5 Å². The van der Waals surface area contributed by atoms with Gasteiger partial charge in [-0.3, -0.25) is 9.59 Å². The summed E-state index contributed by atoms with van der Waals surface area (Å²) in [5.41, 5.74) is 2.66. The van der Waals surface area contributed by atoms with Gasteiger partial charge in [-0.1, -0.05) is 11.6 Å². The van der Waals surface area contributed by atoms with Gasteiger partial charge in [-0.2, -0.15) is 0 Å². The van der Waals surface area contributed by atoms with E-state index in [9.17, 15) is 9.59 Å². The SMILES string of the molecule is CCOc1cc(/C=C/C(=O)NCc2c(C)cc(C)[nH]c2=O)cc(Cl)c1OC. The van der Waals surface area contributed by atoms with Crippen molar-refractivity contribution in [1.82, 2.24) is 10.3 Å². The lowest BCUT2D eigenvalue weighted by molar-refractivity contribution is -0.116. The molecule has 0 radical (unpaired) electrons. The molecule has 1 aromatic carbocycles. The molecule has 1 amide bonds. The summed E-state index contributed by atoms with van der Waals surface area (Å²) in [5.74, 6) is 0.642. The Kier molecular flexibility index (Phi) is 7.07. The summed E-state index contributed by atoms with van der Waals surface area (Å²) in [5, 5.41) is 3.11. The van der Waals surface area contributed by atoms with E-state index in [1.807, 2.05) is 26.8 Å². The quantitative estimate of drug-likeness (QED) is 0.710. The summed E-state index contributed by atoms with van der Waals surface area (Å²) in [6.07, 6.45) is 3.00. The van der Waals surface area contributed by atoms with Crippen LogP contribution in [-0.4, -0.2) is 24.6 Å². The van der Waals surface area contributed by atoms with Crippen LogP contribution in [0.1, 0.15) is 29.3 Å². The standard InChI is InChI=1S/C20H23ClN2O4/c1-5-27-17-10-14(9-16(21)19(17)26-4)6-7-18(24)22-11-15-12(2)8-13(3)23-20(15)25/h6-10H,5,11H2,1-4H3,(H,22,24)(H,23,25)/b7-6+. The van der Waals surface area contributed by atoms with E-state index in [1.165, 1.54) is 13.2 Å². The van der Waals surface area contributed by atoms with Crippen LogP contribution in [0.3, 0.4) is 0 Å². The van der Waals surface area contributed by atoms with Crippen LogP contribution < -0.4 is 20.3 Å². The zero-order valence-corrected chi connectivity index (χ0v) is 16.6. The maximum absolute atomic E-state index is 12.1. The molecule has 0 saturated heterocycles. The summed E-state index contributed by atoms with van der Waals surface area (Å²) in [4.78, 5) is 26.8. The first-order chi connectivity index (χ1) is 12.8. The number of hydrogen-bond acceptors (Lipinski definition) is 4. The fraction of sp³-hybridized carbons (Fsp3) is 0.300. The Hall–Kier alpha value is -2.73. The molecule has 2 N–H and O–H groups in total. The average Bonchev–Trinajstić information content (AvgIpc) is 2.59. The molecular weight excluding hydrogens is 368 g/mol. The smallest absolute Gasteiger partial charge is 0.253 e. The molecule has 0 atom stereocenters. The van der Waals surface area contributed by atoms with Crippen LogP contribution in [0.2, 0.25) is 5.02 Å². The van der Waals surface area contributed by atoms with Gasteiger partial charge in [0.05, 0.1) is 18.7 Å². The van der Waals surface area contributed by atoms with Crippen LogP contribution in [0.4, 0.5) is 0 Å². The number of H-pyrrole nitrogens is 1. The number of amides is 1. The molecule has 6 nitrogen and oxygen atoms in total. The Morgan fingerprint density at radius 1 is 1.30 bits per heavy atom. The van der Waals surface area contributed by atoms with Crippen molar-refractivity contribution in [2.75, 3.05) is 13.7 Å². The molecule has 2 aromatic rings. The Morgan fingerprint density at radius 3 is 2.67 bits per heavy atom. The van der Waals surface area contributed by atoms with Crippen molar-refractivity contribution in [1.29, 1.82) is 0 Å². The van der Waals surface area contributed by atoms with Crippen molar-refractivity contribution in [2.24, 2.45) is 0 Å². The number of aromatic nitrogens is 1. The maximum atomic E-state index is 12.1. The molecule has 0 bridgehead atoms. The molecule has 0 aliphatic heterocycles. The second kappa shape index (κ2) is 9.28. The lowest BCUT2D eigenvalue weighted by Gasteiger charge is -2.11. The van der Waals surface area contributed by atoms with E-state index in [0.29, 0.717) is 34.3 Å². The van der Waals surface area contributed by atoms with E-state index in [1.54, 1.807) is 18.2 Å². The molecule has 0 spiro atoms. The predicted octanol–water partition coefficient (Wildman–Crippen LogP) is 3.38. The van der Waals surface area contributed by atoms with Crippen LogP contribution in [0, 0.1) is 13.8 Å². The summed E-state index contributed by atoms with van der Waals surface area (Å²) in [7, 11) is 1.52. The molecule has 1 heterocycles. The highest BCUT2D eigenvalue weighted by atomic mass is 35.5. The van der Waals surface area contributed by atoms with Crippen LogP contribution in [0.5, 0.6) is 11.5 Å². The molecule has 0 unspecified atom stereocenters. The van der Waals surface area contributed by atoms with E-state index in [0.717, 1.165) is 11.3 Å². The monoisotopic (exact) mass is 390 g/mol. The minimum absolute atomic E-state index is 0.151. The zero-order chi connectivity index (χ0) is 20.0. The predicted molar refractivity (Wildman–Crippen MR) is 107 cm³/mol. The third kappa shape index (κ3) is 5.37. The number of aromatic amines is 1. The molecule has 144 valence electrons. The van der Waals surface area contributed by atoms with E-state index in [2.05, 4.69) is 10.3 Å². The summed E-state index contributed by atoms with van der Waals surface area (Å²) in [6, 6.07) is 5.29. The van der Waals surface area contributed by atoms with Gasteiger partial charge in [0.1, 0.15) is 0 Å². The third-order valence-corrected chi connectivity index (χ3v) is 4.18. The number of nitrogens with one attached hydrogen (secondary N) is 2. The van der Waals surface area contributed by atoms with E-state index in [4.69, 9.17) is 21.1 Å². The van der Waals surface area contributed by atoms with Crippen LogP contribution >= 0.6 is 11.6 Å². The number of pyridine rings is 1. The van der Waals surface area contributed by atoms with Crippen LogP contribution in [-0.2, 0) is 11.3 Å². The number of carbonyl (C=O) groups is 1. The van der Waals surface area contributed by atoms with Gasteiger partial charge < -0.3 is 19.8 Å². The van der Waals surface area contributed by atoms with Gasteiger partial charge in [0.25, 0.3) is 5.56 Å². The van der Waals surface area contributed by atoms with Gasteiger partial charge in [-0.15, -0.1) is 0 Å². The van der Waals surface area contributed by atoms with Crippen LogP contribution in [0.25, 0.3) is 6.08 Å². The number of rotatable bonds is 7. The fourth-order valence-corrected chi connectivity index (χ4v) is 2.95. The Balaban J connectivity index is 2.10. The second-order valence-electron chi connectivity index (χ2n) is 5.96. The highest BCUT2D eigenvalue weighted by Crippen LogP contribution is 2.36. The first-order valence-electron chi connectivity index (χ1n) is 8.51. The average molecular weight is 391 g/mol. The van der Waals surface area contributed by atoms with Crippen molar-refractivity contribution in [3.05, 3.63) is 62.0 Å². The molecule has 0 fully saturated rings. The van der Waals surface area contributed by atoms with Crippen molar-refractivity contribution in [3.63, 3.8) is 0 Å². The van der Waals surface area contributed by atoms with Gasteiger partial charge in [-0.05, 0) is 56.2 Å². The number of hydrogen-bond donors (Lipinski definition) is 2. The van der Waals surface area contributed by atoms with Gasteiger partial charge in [-0.25, -0.2) is 0 Å². The van der Waals surface area contributed by atoms with Crippen molar-refractivity contribution >= 4 is 23.6 Å². The molecule has 27 heavy (non-hydrogen) atoms. The van der Waals surface area contributed by atoms with Gasteiger partial charge >= 0.3 is 0 Å². The van der Waals surface area contributed by atoms with E-state index < -0.39 is 0 Å². The molecule has 1 aromatic heterocycles. The van der Waals surface area contributed by atoms with Gasteiger partial charge in [0.2, 0.25) is 5.91 Å². The summed E-state index contributed by atoms with van der Waals surface area (Å²) in [6.45, 7) is 6.13. The number of carbonyl (C=O) groups excluding carboxylic acids is 1. The Morgan fingerprint density at radius 2 is 2.04 bits per heavy atom. The zero-order valence-electron chi connectivity index (χ0n) is 15.8. The normalized spacial score (nSPS) is 10.9. The first kappa shape index (κ1) is 20.6. The molecule has 0 aliphatic carbocycles. The highest BCUT2D eigenvalue weighted by Gasteiger charge is 2.11. The minimum Gasteiger partial charge on any atom is -0.491 e. The van der Waals surface area contributed by atoms with E-state index in [-0.39, 0.29) is 18.0 Å². The first-order valence-corrected chi connectivity index (χ1v) is 8.89. The topological polar surface area (TPSA) is 80.4 Å². The number of halogens is 1. The number of aryl methyl sites for hydroxylation is 2. The molecule has 2 rings (SSSR count). The summed E-state index contributed by atoms with van der Waals surface area (Å²) >= 11 is 6.20. The molecule has 0 aliphatic rings. The second-order valence-corrected chi connectivity index (χ2v) is 6.37. The van der Waals surface area contributed by atoms with Gasteiger partial charge in [0, 0.05) is 23.9 Å². The van der Waals surface area contributed by atoms with Crippen LogP contribution in [0.15, 0.2) is 29.1 Å². The lowest BCUT2D eigenvalue weighted by Crippen LogP contribution is -2.26. The third-order valence-electron chi connectivity index (χ3n) is 3.90. The Labute approximate surface area is 163 Å². The van der Waals surface area contributed by atoms with E-state index >= 15 is 0 Å². The van der Waals surface area contributed by atoms with Gasteiger partial charge in [0.15, 0.2) is 11.5 Å². The van der Waals surface area contributed by atoms with Crippen molar-refractivity contribution in [2.45, 2.75) is 27.3 Å². The Bertz CT molecular complexity index is 919.